The topological polar surface area (TPSA) is 69.6 Å². The van der Waals surface area contributed by atoms with Gasteiger partial charge in [-0.1, -0.05) is 6.07 Å². The summed E-state index contributed by atoms with van der Waals surface area (Å²) < 4.78 is 0. The van der Waals surface area contributed by atoms with Crippen LogP contribution in [-0.2, 0) is 16.1 Å². The van der Waals surface area contributed by atoms with Crippen molar-refractivity contribution in [2.45, 2.75) is 6.54 Å². The Hall–Kier alpha value is -1.40. The van der Waals surface area contributed by atoms with Crippen molar-refractivity contribution in [2.75, 3.05) is 20.1 Å². The molecule has 1 amide bonds. The third-order valence-electron chi connectivity index (χ3n) is 1.86. The van der Waals surface area contributed by atoms with E-state index in [1.807, 2.05) is 17.5 Å². The summed E-state index contributed by atoms with van der Waals surface area (Å²) in [4.78, 5) is 24.3. The normalized spacial score (nSPS) is 10.4. The number of likely N-dealkylation sites (N-methyl/N-ethyl adjacent to an activating group) is 1. The monoisotopic (exact) mass is 242 g/mol. The third-order valence-corrected chi connectivity index (χ3v) is 2.73. The van der Waals surface area contributed by atoms with Crippen molar-refractivity contribution in [2.24, 2.45) is 0 Å². The molecule has 0 aliphatic heterocycles. The quantitative estimate of drug-likeness (QED) is 0.756. The maximum atomic E-state index is 11.4. The van der Waals surface area contributed by atoms with Crippen molar-refractivity contribution in [3.05, 3.63) is 22.4 Å². The van der Waals surface area contributed by atoms with Gasteiger partial charge < -0.3 is 10.4 Å². The van der Waals surface area contributed by atoms with Crippen LogP contribution >= 0.6 is 11.3 Å². The number of hydrogen-bond donors (Lipinski definition) is 2. The lowest BCUT2D eigenvalue weighted by molar-refractivity contribution is -0.138. The smallest absolute Gasteiger partial charge is 0.317 e. The Bertz CT molecular complexity index is 351. The summed E-state index contributed by atoms with van der Waals surface area (Å²) in [6, 6.07) is 3.86. The van der Waals surface area contributed by atoms with Gasteiger partial charge in [-0.3, -0.25) is 14.5 Å². The van der Waals surface area contributed by atoms with E-state index in [4.69, 9.17) is 5.11 Å². The Morgan fingerprint density at radius 3 is 2.81 bits per heavy atom. The van der Waals surface area contributed by atoms with Gasteiger partial charge in [-0.25, -0.2) is 0 Å². The molecule has 1 heterocycles. The minimum Gasteiger partial charge on any atom is -0.480 e. The zero-order valence-electron chi connectivity index (χ0n) is 8.97. The first-order valence-electron chi connectivity index (χ1n) is 4.77. The molecule has 0 aromatic carbocycles. The first-order chi connectivity index (χ1) is 7.58. The molecule has 1 rings (SSSR count). The number of nitrogens with zero attached hydrogens (tertiary/aromatic N) is 1. The summed E-state index contributed by atoms with van der Waals surface area (Å²) in [7, 11) is 1.60. The van der Waals surface area contributed by atoms with E-state index < -0.39 is 5.97 Å². The highest BCUT2D eigenvalue weighted by atomic mass is 32.1. The highest BCUT2D eigenvalue weighted by Gasteiger charge is 2.09. The van der Waals surface area contributed by atoms with E-state index in [1.165, 1.54) is 4.90 Å². The molecule has 0 fully saturated rings. The summed E-state index contributed by atoms with van der Waals surface area (Å²) in [6.45, 7) is 0.460. The molecule has 0 spiro atoms. The summed E-state index contributed by atoms with van der Waals surface area (Å²) in [5, 5.41) is 13.2. The minimum absolute atomic E-state index is 0.0949. The van der Waals surface area contributed by atoms with Crippen molar-refractivity contribution in [1.29, 1.82) is 0 Å². The number of aliphatic carboxylic acids is 1. The van der Waals surface area contributed by atoms with Gasteiger partial charge in [0, 0.05) is 4.88 Å². The van der Waals surface area contributed by atoms with E-state index in [-0.39, 0.29) is 19.0 Å². The average molecular weight is 242 g/mol. The summed E-state index contributed by atoms with van der Waals surface area (Å²) in [5.74, 6) is -1.11. The van der Waals surface area contributed by atoms with Crippen LogP contribution in [0.4, 0.5) is 0 Å². The fourth-order valence-corrected chi connectivity index (χ4v) is 1.83. The van der Waals surface area contributed by atoms with Gasteiger partial charge in [-0.15, -0.1) is 11.3 Å². The van der Waals surface area contributed by atoms with E-state index in [0.717, 1.165) is 4.88 Å². The first kappa shape index (κ1) is 12.7. The molecular formula is C10H14N2O3S. The molecule has 0 bridgehead atoms. The maximum absolute atomic E-state index is 11.4. The molecular weight excluding hydrogens is 228 g/mol. The lowest BCUT2D eigenvalue weighted by Gasteiger charge is -2.13. The Morgan fingerprint density at radius 2 is 2.25 bits per heavy atom. The van der Waals surface area contributed by atoms with Crippen LogP contribution in [0.25, 0.3) is 0 Å². The fourth-order valence-electron chi connectivity index (χ4n) is 1.19. The highest BCUT2D eigenvalue weighted by Crippen LogP contribution is 2.07. The van der Waals surface area contributed by atoms with Crippen LogP contribution < -0.4 is 5.32 Å². The van der Waals surface area contributed by atoms with Crippen LogP contribution in [0.5, 0.6) is 0 Å². The van der Waals surface area contributed by atoms with E-state index in [9.17, 15) is 9.59 Å². The SMILES string of the molecule is CN(CC(=O)O)CC(=O)NCc1cccs1. The van der Waals surface area contributed by atoms with Gasteiger partial charge in [0.15, 0.2) is 0 Å². The van der Waals surface area contributed by atoms with Crippen LogP contribution in [-0.4, -0.2) is 42.0 Å². The Kier molecular flexibility index (Phi) is 4.94. The van der Waals surface area contributed by atoms with Gasteiger partial charge in [0.05, 0.1) is 19.6 Å². The van der Waals surface area contributed by atoms with Crippen LogP contribution in [0.1, 0.15) is 4.88 Å². The van der Waals surface area contributed by atoms with Crippen molar-refractivity contribution in [3.8, 4) is 0 Å². The molecule has 1 aromatic rings. The lowest BCUT2D eigenvalue weighted by Crippen LogP contribution is -2.37. The molecule has 5 nitrogen and oxygen atoms in total. The third kappa shape index (κ3) is 4.90. The summed E-state index contributed by atoms with van der Waals surface area (Å²) in [6.07, 6.45) is 0. The van der Waals surface area contributed by atoms with Crippen LogP contribution in [0.3, 0.4) is 0 Å². The molecule has 1 aromatic heterocycles. The molecule has 0 atom stereocenters. The molecule has 0 aliphatic carbocycles. The molecule has 0 aliphatic rings. The van der Waals surface area contributed by atoms with Gasteiger partial charge in [0.2, 0.25) is 5.91 Å². The number of amides is 1. The highest BCUT2D eigenvalue weighted by molar-refractivity contribution is 7.09. The predicted molar refractivity (Wildman–Crippen MR) is 61.3 cm³/mol. The number of carbonyl (C=O) groups is 2. The second-order valence-electron chi connectivity index (χ2n) is 3.42. The Morgan fingerprint density at radius 1 is 1.50 bits per heavy atom. The zero-order valence-corrected chi connectivity index (χ0v) is 9.79. The molecule has 0 radical (unpaired) electrons. The first-order valence-corrected chi connectivity index (χ1v) is 5.65. The number of carboxylic acid groups (broad SMARTS) is 1. The van der Waals surface area contributed by atoms with Gasteiger partial charge in [-0.2, -0.15) is 0 Å². The molecule has 6 heteroatoms. The fraction of sp³-hybridized carbons (Fsp3) is 0.400. The van der Waals surface area contributed by atoms with Crippen molar-refractivity contribution in [3.63, 3.8) is 0 Å². The van der Waals surface area contributed by atoms with E-state index >= 15 is 0 Å². The molecule has 0 unspecified atom stereocenters. The summed E-state index contributed by atoms with van der Waals surface area (Å²) in [5.41, 5.74) is 0. The predicted octanol–water partition coefficient (Wildman–Crippen LogP) is 0.381. The van der Waals surface area contributed by atoms with Crippen LogP contribution in [0, 0.1) is 0 Å². The standard InChI is InChI=1S/C10H14N2O3S/c1-12(7-10(14)15)6-9(13)11-5-8-3-2-4-16-8/h2-4H,5-7H2,1H3,(H,11,13)(H,14,15). The number of rotatable bonds is 6. The number of thiophene rings is 1. The van der Waals surface area contributed by atoms with Gasteiger partial charge in [-0.05, 0) is 18.5 Å². The van der Waals surface area contributed by atoms with Crippen LogP contribution in [0.2, 0.25) is 0 Å². The van der Waals surface area contributed by atoms with Crippen LogP contribution in [0.15, 0.2) is 17.5 Å². The van der Waals surface area contributed by atoms with E-state index in [0.29, 0.717) is 6.54 Å². The van der Waals surface area contributed by atoms with Crippen molar-refractivity contribution >= 4 is 23.2 Å². The van der Waals surface area contributed by atoms with Gasteiger partial charge in [0.25, 0.3) is 0 Å². The minimum atomic E-state index is -0.937. The number of nitrogens with one attached hydrogen (secondary N) is 1. The second-order valence-corrected chi connectivity index (χ2v) is 4.45. The lowest BCUT2D eigenvalue weighted by atomic mass is 10.4. The largest absolute Gasteiger partial charge is 0.480 e. The Balaban J connectivity index is 2.23. The van der Waals surface area contributed by atoms with E-state index in [1.54, 1.807) is 18.4 Å². The second kappa shape index (κ2) is 6.24. The zero-order chi connectivity index (χ0) is 12.0. The van der Waals surface area contributed by atoms with Gasteiger partial charge in [0.1, 0.15) is 0 Å². The maximum Gasteiger partial charge on any atom is 0.317 e. The molecule has 88 valence electrons. The molecule has 16 heavy (non-hydrogen) atoms. The van der Waals surface area contributed by atoms with E-state index in [2.05, 4.69) is 5.32 Å². The average Bonchev–Trinajstić information content (AvgIpc) is 2.65. The number of carbonyl (C=O) groups excluding carboxylic acids is 1. The van der Waals surface area contributed by atoms with Crippen molar-refractivity contribution < 1.29 is 14.7 Å². The Labute approximate surface area is 97.7 Å². The number of carboxylic acids is 1. The summed E-state index contributed by atoms with van der Waals surface area (Å²) >= 11 is 1.57. The molecule has 0 saturated carbocycles. The van der Waals surface area contributed by atoms with Crippen molar-refractivity contribution in [1.82, 2.24) is 10.2 Å². The number of hydrogen-bond acceptors (Lipinski definition) is 4. The van der Waals surface area contributed by atoms with Gasteiger partial charge >= 0.3 is 5.97 Å². The molecule has 0 saturated heterocycles. The molecule has 2 N–H and O–H groups in total.